The fourth-order valence-electron chi connectivity index (χ4n) is 3.70. The van der Waals surface area contributed by atoms with E-state index in [1.165, 1.54) is 11.3 Å². The lowest BCUT2D eigenvalue weighted by Crippen LogP contribution is -2.43. The third-order valence-electron chi connectivity index (χ3n) is 5.31. The molecule has 1 aromatic carbocycles. The average Bonchev–Trinajstić information content (AvgIpc) is 3.20. The van der Waals surface area contributed by atoms with Gasteiger partial charge in [0.25, 0.3) is 0 Å². The Morgan fingerprint density at radius 1 is 1.17 bits per heavy atom. The number of hydrogen-bond acceptors (Lipinski definition) is 5. The lowest BCUT2D eigenvalue weighted by molar-refractivity contribution is 0.0133. The Hall–Kier alpha value is -2.14. The van der Waals surface area contributed by atoms with Gasteiger partial charge < -0.3 is 19.1 Å². The van der Waals surface area contributed by atoms with E-state index in [0.29, 0.717) is 6.54 Å². The molecule has 1 atom stereocenters. The number of benzene rings is 1. The molecule has 0 spiro atoms. The Labute approximate surface area is 180 Å². The van der Waals surface area contributed by atoms with Crippen molar-refractivity contribution in [2.45, 2.75) is 19.2 Å². The van der Waals surface area contributed by atoms with Crippen molar-refractivity contribution in [3.8, 4) is 12.3 Å². The van der Waals surface area contributed by atoms with E-state index in [1.807, 2.05) is 6.07 Å². The summed E-state index contributed by atoms with van der Waals surface area (Å²) < 4.78 is 13.1. The van der Waals surface area contributed by atoms with Crippen molar-refractivity contribution >= 4 is 0 Å². The third kappa shape index (κ3) is 7.60. The van der Waals surface area contributed by atoms with Crippen LogP contribution in [0.25, 0.3) is 0 Å². The zero-order chi connectivity index (χ0) is 21.0. The summed E-state index contributed by atoms with van der Waals surface area (Å²) in [6.45, 7) is 8.00. The van der Waals surface area contributed by atoms with Crippen molar-refractivity contribution in [1.82, 2.24) is 14.4 Å². The number of ether oxygens (including phenoxy) is 2. The normalized spacial score (nSPS) is 15.9. The predicted molar refractivity (Wildman–Crippen MR) is 118 cm³/mol. The molecule has 1 aliphatic heterocycles. The summed E-state index contributed by atoms with van der Waals surface area (Å²) in [5, 5.41) is 10.4. The van der Waals surface area contributed by atoms with E-state index in [1.54, 1.807) is 0 Å². The Morgan fingerprint density at radius 2 is 1.97 bits per heavy atom. The van der Waals surface area contributed by atoms with E-state index in [4.69, 9.17) is 15.9 Å². The van der Waals surface area contributed by atoms with Gasteiger partial charge in [-0.25, -0.2) is 0 Å². The van der Waals surface area contributed by atoms with Crippen molar-refractivity contribution in [3.05, 3.63) is 59.9 Å². The van der Waals surface area contributed by atoms with Crippen LogP contribution in [0.4, 0.5) is 0 Å². The second-order valence-corrected chi connectivity index (χ2v) is 7.68. The molecule has 6 heteroatoms. The quantitative estimate of drug-likeness (QED) is 0.425. The van der Waals surface area contributed by atoms with Crippen molar-refractivity contribution in [2.75, 3.05) is 59.2 Å². The van der Waals surface area contributed by atoms with Crippen LogP contribution in [0.3, 0.4) is 0 Å². The van der Waals surface area contributed by atoms with E-state index in [2.05, 4.69) is 62.9 Å². The Kier molecular flexibility index (Phi) is 9.42. The maximum atomic E-state index is 10.4. The molecule has 0 amide bonds. The van der Waals surface area contributed by atoms with Crippen LogP contribution in [0.15, 0.2) is 48.7 Å². The van der Waals surface area contributed by atoms with Crippen LogP contribution < -0.4 is 0 Å². The molecule has 162 valence electrons. The van der Waals surface area contributed by atoms with Crippen LogP contribution >= 0.6 is 0 Å². The smallest absolute Gasteiger partial charge is 0.107 e. The van der Waals surface area contributed by atoms with Crippen LogP contribution in [0.2, 0.25) is 0 Å². The number of aromatic nitrogens is 1. The SMILES string of the molecule is C#CCOCC(O)CN(CCN1CCOCC1)Cc1cccn1Cc1ccccc1. The second-order valence-electron chi connectivity index (χ2n) is 7.68. The van der Waals surface area contributed by atoms with E-state index in [-0.39, 0.29) is 13.2 Å². The highest BCUT2D eigenvalue weighted by molar-refractivity contribution is 5.17. The third-order valence-corrected chi connectivity index (χ3v) is 5.31. The number of rotatable bonds is 12. The largest absolute Gasteiger partial charge is 0.389 e. The zero-order valence-corrected chi connectivity index (χ0v) is 17.7. The standard InChI is InChI=1S/C24H33N3O3/c1-2-15-30-21-24(28)20-26(12-11-25-13-16-29-17-14-25)19-23-9-6-10-27(23)18-22-7-4-3-5-8-22/h1,3-10,24,28H,11-21H2. The average molecular weight is 412 g/mol. The van der Waals surface area contributed by atoms with Crippen molar-refractivity contribution in [1.29, 1.82) is 0 Å². The number of hydrogen-bond donors (Lipinski definition) is 1. The first-order valence-corrected chi connectivity index (χ1v) is 10.6. The minimum atomic E-state index is -0.569. The summed E-state index contributed by atoms with van der Waals surface area (Å²) in [7, 11) is 0. The van der Waals surface area contributed by atoms with Gasteiger partial charge in [-0.1, -0.05) is 36.3 Å². The van der Waals surface area contributed by atoms with Crippen LogP contribution in [0.5, 0.6) is 0 Å². The van der Waals surface area contributed by atoms with Gasteiger partial charge in [0.2, 0.25) is 0 Å². The van der Waals surface area contributed by atoms with Gasteiger partial charge in [-0.3, -0.25) is 9.80 Å². The van der Waals surface area contributed by atoms with Crippen LogP contribution in [0.1, 0.15) is 11.3 Å². The fourth-order valence-corrected chi connectivity index (χ4v) is 3.70. The van der Waals surface area contributed by atoms with E-state index in [0.717, 1.165) is 52.5 Å². The van der Waals surface area contributed by atoms with Gasteiger partial charge in [0.05, 0.1) is 25.9 Å². The summed E-state index contributed by atoms with van der Waals surface area (Å²) in [6, 6.07) is 14.7. The maximum Gasteiger partial charge on any atom is 0.107 e. The predicted octanol–water partition coefficient (Wildman–Crippen LogP) is 1.68. The van der Waals surface area contributed by atoms with E-state index in [9.17, 15) is 5.11 Å². The molecule has 0 bridgehead atoms. The van der Waals surface area contributed by atoms with Gasteiger partial charge in [0, 0.05) is 57.7 Å². The van der Waals surface area contributed by atoms with Gasteiger partial charge in [-0.15, -0.1) is 6.42 Å². The van der Waals surface area contributed by atoms with Crippen LogP contribution in [0, 0.1) is 12.3 Å². The molecule has 30 heavy (non-hydrogen) atoms. The molecule has 0 aliphatic carbocycles. The molecule has 2 heterocycles. The van der Waals surface area contributed by atoms with Crippen molar-refractivity contribution in [2.24, 2.45) is 0 Å². The molecule has 1 fully saturated rings. The monoisotopic (exact) mass is 411 g/mol. The molecule has 1 N–H and O–H groups in total. The van der Waals surface area contributed by atoms with Gasteiger partial charge in [-0.2, -0.15) is 0 Å². The first kappa shape index (κ1) is 22.5. The maximum absolute atomic E-state index is 10.4. The molecule has 0 saturated carbocycles. The first-order chi connectivity index (χ1) is 14.7. The number of aliphatic hydroxyl groups is 1. The molecular weight excluding hydrogens is 378 g/mol. The highest BCUT2D eigenvalue weighted by atomic mass is 16.5. The molecule has 1 saturated heterocycles. The molecule has 6 nitrogen and oxygen atoms in total. The fraction of sp³-hybridized carbons (Fsp3) is 0.500. The van der Waals surface area contributed by atoms with Crippen LogP contribution in [-0.4, -0.2) is 84.7 Å². The highest BCUT2D eigenvalue weighted by Gasteiger charge is 2.17. The minimum absolute atomic E-state index is 0.227. The minimum Gasteiger partial charge on any atom is -0.389 e. The lowest BCUT2D eigenvalue weighted by Gasteiger charge is -2.31. The summed E-state index contributed by atoms with van der Waals surface area (Å²) in [4.78, 5) is 4.72. The Balaban J connectivity index is 1.60. The van der Waals surface area contributed by atoms with Gasteiger partial charge >= 0.3 is 0 Å². The summed E-state index contributed by atoms with van der Waals surface area (Å²) in [5.74, 6) is 2.44. The summed E-state index contributed by atoms with van der Waals surface area (Å²) in [6.07, 6.45) is 6.78. The molecule has 1 aliphatic rings. The molecule has 0 radical (unpaired) electrons. The number of terminal acetylenes is 1. The summed E-state index contributed by atoms with van der Waals surface area (Å²) >= 11 is 0. The number of aliphatic hydroxyl groups excluding tert-OH is 1. The zero-order valence-electron chi connectivity index (χ0n) is 17.7. The van der Waals surface area contributed by atoms with Gasteiger partial charge in [-0.05, 0) is 17.7 Å². The summed E-state index contributed by atoms with van der Waals surface area (Å²) in [5.41, 5.74) is 2.51. The number of morpholine rings is 1. The van der Waals surface area contributed by atoms with Crippen molar-refractivity contribution in [3.63, 3.8) is 0 Å². The Bertz CT molecular complexity index is 766. The molecule has 2 aromatic rings. The van der Waals surface area contributed by atoms with Crippen molar-refractivity contribution < 1.29 is 14.6 Å². The van der Waals surface area contributed by atoms with Crippen LogP contribution in [-0.2, 0) is 22.6 Å². The number of nitrogens with zero attached hydrogens (tertiary/aromatic N) is 3. The first-order valence-electron chi connectivity index (χ1n) is 10.6. The van der Waals surface area contributed by atoms with E-state index >= 15 is 0 Å². The van der Waals surface area contributed by atoms with Gasteiger partial charge in [0.1, 0.15) is 6.61 Å². The molecular formula is C24H33N3O3. The molecule has 1 aromatic heterocycles. The topological polar surface area (TPSA) is 50.1 Å². The molecule has 3 rings (SSSR count). The Morgan fingerprint density at radius 3 is 2.73 bits per heavy atom. The highest BCUT2D eigenvalue weighted by Crippen LogP contribution is 2.12. The lowest BCUT2D eigenvalue weighted by atomic mass is 10.2. The molecule has 1 unspecified atom stereocenters. The van der Waals surface area contributed by atoms with E-state index < -0.39 is 6.10 Å². The second kappa shape index (κ2) is 12.5. The van der Waals surface area contributed by atoms with Gasteiger partial charge in [0.15, 0.2) is 0 Å².